The Morgan fingerprint density at radius 2 is 1.76 bits per heavy atom. The van der Waals surface area contributed by atoms with E-state index < -0.39 is 0 Å². The number of anilines is 1. The van der Waals surface area contributed by atoms with Gasteiger partial charge in [-0.3, -0.25) is 10.1 Å². The third kappa shape index (κ3) is 2.74. The molecule has 92 valence electrons. The Hall–Kier alpha value is -1.62. The van der Waals surface area contributed by atoms with Crippen LogP contribution in [0.3, 0.4) is 0 Å². The lowest BCUT2D eigenvalue weighted by Gasteiger charge is -2.36. The molecular weight excluding hydrogens is 220 g/mol. The minimum absolute atomic E-state index is 0.128. The second-order valence-corrected chi connectivity index (χ2v) is 4.44. The highest BCUT2D eigenvalue weighted by molar-refractivity contribution is 5.51. The Balaban J connectivity index is 2.14. The van der Waals surface area contributed by atoms with Crippen molar-refractivity contribution in [3.05, 3.63) is 34.4 Å². The van der Waals surface area contributed by atoms with Gasteiger partial charge in [0.15, 0.2) is 0 Å². The largest absolute Gasteiger partial charge is 0.372 e. The van der Waals surface area contributed by atoms with E-state index in [0.717, 1.165) is 18.8 Å². The van der Waals surface area contributed by atoms with Gasteiger partial charge in [-0.25, -0.2) is 0 Å². The summed E-state index contributed by atoms with van der Waals surface area (Å²) in [7, 11) is 0. The lowest BCUT2D eigenvalue weighted by atomic mass is 10.2. The number of hydrogen-bond acceptors (Lipinski definition) is 4. The minimum Gasteiger partial charge on any atom is -0.372 e. The molecule has 2 atom stereocenters. The van der Waals surface area contributed by atoms with Gasteiger partial charge < -0.3 is 9.64 Å². The highest BCUT2D eigenvalue weighted by atomic mass is 16.6. The summed E-state index contributed by atoms with van der Waals surface area (Å²) in [5.74, 6) is 0. The Kier molecular flexibility index (Phi) is 3.28. The lowest BCUT2D eigenvalue weighted by Crippen LogP contribution is -2.45. The molecule has 1 aliphatic heterocycles. The number of morpholine rings is 1. The number of nitrogens with zero attached hydrogens (tertiary/aromatic N) is 2. The Morgan fingerprint density at radius 3 is 2.24 bits per heavy atom. The van der Waals surface area contributed by atoms with E-state index in [1.54, 1.807) is 24.3 Å². The average molecular weight is 236 g/mol. The maximum Gasteiger partial charge on any atom is 0.269 e. The number of non-ortho nitro benzene ring substituents is 1. The highest BCUT2D eigenvalue weighted by Gasteiger charge is 2.22. The van der Waals surface area contributed by atoms with E-state index >= 15 is 0 Å². The summed E-state index contributed by atoms with van der Waals surface area (Å²) >= 11 is 0. The molecule has 0 N–H and O–H groups in total. The van der Waals surface area contributed by atoms with E-state index in [4.69, 9.17) is 4.74 Å². The van der Waals surface area contributed by atoms with Crippen LogP contribution in [0.5, 0.6) is 0 Å². The van der Waals surface area contributed by atoms with Gasteiger partial charge in [-0.15, -0.1) is 0 Å². The zero-order valence-electron chi connectivity index (χ0n) is 10.00. The summed E-state index contributed by atoms with van der Waals surface area (Å²) in [6.07, 6.45) is 0.378. The molecule has 1 aromatic carbocycles. The van der Waals surface area contributed by atoms with Crippen LogP contribution in [0.1, 0.15) is 13.8 Å². The Bertz CT molecular complexity index is 395. The molecule has 1 aliphatic rings. The number of ether oxygens (including phenoxy) is 1. The zero-order chi connectivity index (χ0) is 12.4. The normalized spacial score (nSPS) is 24.7. The second-order valence-electron chi connectivity index (χ2n) is 4.44. The van der Waals surface area contributed by atoms with E-state index in [9.17, 15) is 10.1 Å². The van der Waals surface area contributed by atoms with Gasteiger partial charge in [0.05, 0.1) is 17.1 Å². The van der Waals surface area contributed by atoms with Crippen molar-refractivity contribution in [2.24, 2.45) is 0 Å². The number of nitro benzene ring substituents is 1. The molecular formula is C12H16N2O3. The molecule has 0 bridgehead atoms. The maximum absolute atomic E-state index is 10.6. The minimum atomic E-state index is -0.381. The summed E-state index contributed by atoms with van der Waals surface area (Å²) in [4.78, 5) is 12.4. The molecule has 1 saturated heterocycles. The van der Waals surface area contributed by atoms with Crippen molar-refractivity contribution in [3.8, 4) is 0 Å². The van der Waals surface area contributed by atoms with Gasteiger partial charge in [0.25, 0.3) is 5.69 Å². The topological polar surface area (TPSA) is 55.6 Å². The molecule has 0 aromatic heterocycles. The molecule has 0 aliphatic carbocycles. The number of nitro groups is 1. The van der Waals surface area contributed by atoms with Gasteiger partial charge >= 0.3 is 0 Å². The predicted molar refractivity (Wildman–Crippen MR) is 65.3 cm³/mol. The van der Waals surface area contributed by atoms with Crippen LogP contribution in [0.15, 0.2) is 24.3 Å². The van der Waals surface area contributed by atoms with Crippen molar-refractivity contribution in [2.45, 2.75) is 26.1 Å². The molecule has 5 heteroatoms. The number of rotatable bonds is 2. The average Bonchev–Trinajstić information content (AvgIpc) is 2.28. The molecule has 0 saturated carbocycles. The van der Waals surface area contributed by atoms with Crippen LogP contribution in [0.4, 0.5) is 11.4 Å². The maximum atomic E-state index is 10.6. The van der Waals surface area contributed by atoms with Crippen molar-refractivity contribution in [2.75, 3.05) is 18.0 Å². The Morgan fingerprint density at radius 1 is 1.24 bits per heavy atom. The first-order valence-corrected chi connectivity index (χ1v) is 5.71. The lowest BCUT2D eigenvalue weighted by molar-refractivity contribution is -0.384. The van der Waals surface area contributed by atoms with Crippen molar-refractivity contribution < 1.29 is 9.66 Å². The van der Waals surface area contributed by atoms with Gasteiger partial charge in [0.1, 0.15) is 0 Å². The van der Waals surface area contributed by atoms with E-state index in [-0.39, 0.29) is 22.8 Å². The first-order chi connectivity index (χ1) is 8.06. The van der Waals surface area contributed by atoms with Gasteiger partial charge in [0.2, 0.25) is 0 Å². The van der Waals surface area contributed by atoms with Crippen LogP contribution in [0, 0.1) is 10.1 Å². The van der Waals surface area contributed by atoms with E-state index in [2.05, 4.69) is 4.90 Å². The molecule has 2 unspecified atom stereocenters. The molecule has 0 spiro atoms. The number of hydrogen-bond donors (Lipinski definition) is 0. The van der Waals surface area contributed by atoms with E-state index in [0.29, 0.717) is 0 Å². The second kappa shape index (κ2) is 4.71. The van der Waals surface area contributed by atoms with Crippen LogP contribution in [0.2, 0.25) is 0 Å². The van der Waals surface area contributed by atoms with E-state index in [1.807, 2.05) is 13.8 Å². The Labute approximate surface area is 100 Å². The first kappa shape index (κ1) is 11.9. The molecule has 0 amide bonds. The highest BCUT2D eigenvalue weighted by Crippen LogP contribution is 2.22. The van der Waals surface area contributed by atoms with E-state index in [1.165, 1.54) is 0 Å². The molecule has 2 rings (SSSR count). The van der Waals surface area contributed by atoms with Gasteiger partial charge in [-0.05, 0) is 26.0 Å². The third-order valence-electron chi connectivity index (χ3n) is 2.85. The first-order valence-electron chi connectivity index (χ1n) is 5.71. The van der Waals surface area contributed by atoms with Crippen LogP contribution in [-0.4, -0.2) is 30.2 Å². The van der Waals surface area contributed by atoms with Crippen LogP contribution in [-0.2, 0) is 4.74 Å². The third-order valence-corrected chi connectivity index (χ3v) is 2.85. The SMILES string of the molecule is CC1CN(c2ccc([N+](=O)[O-])cc2)CC(C)O1. The monoisotopic (exact) mass is 236 g/mol. The van der Waals surface area contributed by atoms with Crippen LogP contribution < -0.4 is 4.90 Å². The summed E-state index contributed by atoms with van der Waals surface area (Å²) in [6, 6.07) is 6.67. The van der Waals surface area contributed by atoms with Crippen LogP contribution in [0.25, 0.3) is 0 Å². The molecule has 5 nitrogen and oxygen atoms in total. The van der Waals surface area contributed by atoms with Gasteiger partial charge in [0, 0.05) is 30.9 Å². The fourth-order valence-corrected chi connectivity index (χ4v) is 2.17. The van der Waals surface area contributed by atoms with Crippen molar-refractivity contribution in [1.82, 2.24) is 0 Å². The molecule has 1 heterocycles. The number of benzene rings is 1. The van der Waals surface area contributed by atoms with Crippen molar-refractivity contribution in [1.29, 1.82) is 0 Å². The summed E-state index contributed by atoms with van der Waals surface area (Å²) < 4.78 is 5.65. The van der Waals surface area contributed by atoms with Gasteiger partial charge in [-0.2, -0.15) is 0 Å². The summed E-state index contributed by atoms with van der Waals surface area (Å²) in [5.41, 5.74) is 1.14. The molecule has 17 heavy (non-hydrogen) atoms. The standard InChI is InChI=1S/C12H16N2O3/c1-9-7-13(8-10(2)17-9)11-3-5-12(6-4-11)14(15)16/h3-6,9-10H,7-8H2,1-2H3. The predicted octanol–water partition coefficient (Wildman–Crippen LogP) is 2.21. The fourth-order valence-electron chi connectivity index (χ4n) is 2.17. The van der Waals surface area contributed by atoms with Crippen molar-refractivity contribution in [3.63, 3.8) is 0 Å². The van der Waals surface area contributed by atoms with Crippen molar-refractivity contribution >= 4 is 11.4 Å². The summed E-state index contributed by atoms with van der Waals surface area (Å²) in [6.45, 7) is 5.71. The molecule has 1 fully saturated rings. The fraction of sp³-hybridized carbons (Fsp3) is 0.500. The van der Waals surface area contributed by atoms with Crippen LogP contribution >= 0.6 is 0 Å². The quantitative estimate of drug-likeness (QED) is 0.583. The summed E-state index contributed by atoms with van der Waals surface area (Å²) in [5, 5.41) is 10.6. The molecule has 0 radical (unpaired) electrons. The smallest absolute Gasteiger partial charge is 0.269 e. The zero-order valence-corrected chi connectivity index (χ0v) is 10.00. The van der Waals surface area contributed by atoms with Gasteiger partial charge in [-0.1, -0.05) is 0 Å². The molecule has 1 aromatic rings.